The van der Waals surface area contributed by atoms with Gasteiger partial charge in [0, 0.05) is 18.8 Å². The van der Waals surface area contributed by atoms with E-state index in [0.717, 1.165) is 29.2 Å². The summed E-state index contributed by atoms with van der Waals surface area (Å²) in [6.07, 6.45) is 4.20. The van der Waals surface area contributed by atoms with Gasteiger partial charge in [0.1, 0.15) is 5.78 Å². The van der Waals surface area contributed by atoms with Crippen LogP contribution < -0.4 is 0 Å². The van der Waals surface area contributed by atoms with Gasteiger partial charge in [0.25, 0.3) is 0 Å². The maximum absolute atomic E-state index is 12.2. The van der Waals surface area contributed by atoms with Gasteiger partial charge >= 0.3 is 0 Å². The van der Waals surface area contributed by atoms with Crippen LogP contribution in [-0.4, -0.2) is 50.7 Å². The molecule has 0 spiro atoms. The van der Waals surface area contributed by atoms with Crippen molar-refractivity contribution in [2.75, 3.05) is 17.3 Å². The van der Waals surface area contributed by atoms with Gasteiger partial charge in [-0.2, -0.15) is 11.8 Å². The molecule has 0 amide bonds. The predicted molar refractivity (Wildman–Crippen MR) is 108 cm³/mol. The minimum Gasteiger partial charge on any atom is -0.392 e. The number of benzene rings is 1. The number of Topliss-reactive ketones (excluding diaryl/α,β-unsaturated/α-hetero) is 1. The lowest BCUT2D eigenvalue weighted by Gasteiger charge is -2.17. The van der Waals surface area contributed by atoms with E-state index in [1.54, 1.807) is 17.8 Å². The largest absolute Gasteiger partial charge is 0.392 e. The van der Waals surface area contributed by atoms with Crippen molar-refractivity contribution in [3.63, 3.8) is 0 Å². The topological polar surface area (TPSA) is 57.5 Å². The van der Waals surface area contributed by atoms with Crippen molar-refractivity contribution in [1.29, 1.82) is 0 Å². The Morgan fingerprint density at radius 1 is 1.28 bits per heavy atom. The van der Waals surface area contributed by atoms with E-state index in [9.17, 15) is 15.0 Å². The van der Waals surface area contributed by atoms with E-state index in [1.165, 1.54) is 0 Å². The molecule has 2 N–H and O–H groups in total. The number of aliphatic hydroxyl groups is 2. The van der Waals surface area contributed by atoms with Gasteiger partial charge in [-0.15, -0.1) is 11.8 Å². The van der Waals surface area contributed by atoms with Crippen molar-refractivity contribution in [1.82, 2.24) is 0 Å². The Balaban J connectivity index is 1.86. The molecule has 0 heterocycles. The van der Waals surface area contributed by atoms with Crippen LogP contribution in [0.3, 0.4) is 0 Å². The van der Waals surface area contributed by atoms with Crippen molar-refractivity contribution in [3.8, 4) is 0 Å². The van der Waals surface area contributed by atoms with Gasteiger partial charge < -0.3 is 10.2 Å². The molecule has 0 bridgehead atoms. The second-order valence-corrected chi connectivity index (χ2v) is 8.94. The average molecular weight is 381 g/mol. The first kappa shape index (κ1) is 20.6. The number of hydrogen-bond donors (Lipinski definition) is 2. The van der Waals surface area contributed by atoms with E-state index in [1.807, 2.05) is 48.2 Å². The summed E-state index contributed by atoms with van der Waals surface area (Å²) < 4.78 is 0. The van der Waals surface area contributed by atoms with Gasteiger partial charge in [0.05, 0.1) is 17.5 Å². The van der Waals surface area contributed by atoms with E-state index in [2.05, 4.69) is 6.92 Å². The molecule has 0 saturated heterocycles. The fourth-order valence-corrected chi connectivity index (χ4v) is 5.17. The lowest BCUT2D eigenvalue weighted by Crippen LogP contribution is -2.22. The summed E-state index contributed by atoms with van der Waals surface area (Å²) in [5.41, 5.74) is 1.07. The van der Waals surface area contributed by atoms with E-state index < -0.39 is 12.2 Å². The molecule has 0 radical (unpaired) electrons. The molecule has 2 rings (SSSR count). The molecule has 1 aliphatic carbocycles. The minimum atomic E-state index is -0.629. The third-order valence-electron chi connectivity index (χ3n) is 4.30. The molecule has 1 fully saturated rings. The molecule has 1 aliphatic rings. The summed E-state index contributed by atoms with van der Waals surface area (Å²) in [7, 11) is 0. The molecule has 4 atom stereocenters. The number of carbonyl (C=O) groups is 1. The highest BCUT2D eigenvalue weighted by Gasteiger charge is 2.40. The maximum atomic E-state index is 12.2. The van der Waals surface area contributed by atoms with E-state index in [4.69, 9.17) is 0 Å². The molecule has 0 aromatic heterocycles. The van der Waals surface area contributed by atoms with Crippen molar-refractivity contribution < 1.29 is 15.0 Å². The first-order chi connectivity index (χ1) is 12.1. The number of hydrogen-bond acceptors (Lipinski definition) is 5. The number of ketones is 1. The average Bonchev–Trinajstić information content (AvgIpc) is 2.87. The highest BCUT2D eigenvalue weighted by molar-refractivity contribution is 8.01. The lowest BCUT2D eigenvalue weighted by atomic mass is 10.0. The molecule has 3 nitrogen and oxygen atoms in total. The van der Waals surface area contributed by atoms with Gasteiger partial charge in [0.15, 0.2) is 0 Å². The summed E-state index contributed by atoms with van der Waals surface area (Å²) in [6, 6.07) is 9.83. The highest BCUT2D eigenvalue weighted by atomic mass is 32.2. The Labute approximate surface area is 159 Å². The molecule has 1 aromatic carbocycles. The normalized spacial score (nSPS) is 24.9. The quantitative estimate of drug-likeness (QED) is 0.482. The van der Waals surface area contributed by atoms with Crippen molar-refractivity contribution >= 4 is 29.3 Å². The Morgan fingerprint density at radius 3 is 2.76 bits per heavy atom. The molecule has 138 valence electrons. The molecule has 1 saturated carbocycles. The molecule has 1 aromatic rings. The third kappa shape index (κ3) is 6.81. The second kappa shape index (κ2) is 11.1. The molecule has 5 heteroatoms. The maximum Gasteiger partial charge on any atom is 0.149 e. The molecule has 0 aliphatic heterocycles. The van der Waals surface area contributed by atoms with Crippen LogP contribution >= 0.6 is 23.5 Å². The van der Waals surface area contributed by atoms with Gasteiger partial charge in [0.2, 0.25) is 0 Å². The molecular formula is C20H28O3S2. The van der Waals surface area contributed by atoms with Crippen molar-refractivity contribution in [3.05, 3.63) is 48.0 Å². The lowest BCUT2D eigenvalue weighted by molar-refractivity contribution is -0.117. The summed E-state index contributed by atoms with van der Waals surface area (Å²) in [6.45, 7) is 2.15. The highest BCUT2D eigenvalue weighted by Crippen LogP contribution is 2.34. The van der Waals surface area contributed by atoms with Crippen LogP contribution in [0.15, 0.2) is 42.5 Å². The van der Waals surface area contributed by atoms with Crippen molar-refractivity contribution in [2.24, 2.45) is 5.92 Å². The van der Waals surface area contributed by atoms with E-state index in [-0.39, 0.29) is 23.4 Å². The Morgan fingerprint density at radius 2 is 2.04 bits per heavy atom. The predicted octanol–water partition coefficient (Wildman–Crippen LogP) is 3.34. The molecule has 25 heavy (non-hydrogen) atoms. The monoisotopic (exact) mass is 380 g/mol. The number of aliphatic hydroxyl groups excluding tert-OH is 2. The third-order valence-corrected chi connectivity index (χ3v) is 6.75. The first-order valence-electron chi connectivity index (χ1n) is 8.92. The Hall–Kier alpha value is -0.750. The van der Waals surface area contributed by atoms with E-state index >= 15 is 0 Å². The summed E-state index contributed by atoms with van der Waals surface area (Å²) in [5, 5.41) is 20.2. The van der Waals surface area contributed by atoms with Gasteiger partial charge in [-0.3, -0.25) is 4.79 Å². The zero-order chi connectivity index (χ0) is 18.1. The van der Waals surface area contributed by atoms with Gasteiger partial charge in [-0.05, 0) is 29.2 Å². The number of thioether (sulfide) groups is 2. The van der Waals surface area contributed by atoms with E-state index in [0.29, 0.717) is 6.42 Å². The fourth-order valence-electron chi connectivity index (χ4n) is 3.00. The van der Waals surface area contributed by atoms with Gasteiger partial charge in [-0.1, -0.05) is 49.4 Å². The Kier molecular flexibility index (Phi) is 9.10. The zero-order valence-corrected chi connectivity index (χ0v) is 16.3. The minimum absolute atomic E-state index is 0.132. The fraction of sp³-hybridized carbons (Fsp3) is 0.550. The number of carbonyl (C=O) groups excluding carboxylic acids is 1. The smallest absolute Gasteiger partial charge is 0.149 e. The van der Waals surface area contributed by atoms with Gasteiger partial charge in [-0.25, -0.2) is 0 Å². The van der Waals surface area contributed by atoms with Crippen LogP contribution in [0.2, 0.25) is 0 Å². The standard InChI is InChI=1S/C20H28O3S2/c1-2-24-11-6-12-25-20-17(18(22)14-19(20)23)10-9-16(21)13-15-7-4-3-5-8-15/h3-5,7-10,16-18,20-22H,2,6,11-14H2,1H3/b10-9+/t16?,17?,18-,20-/m1/s1. The zero-order valence-electron chi connectivity index (χ0n) is 14.7. The second-order valence-electron chi connectivity index (χ2n) is 6.30. The molecular weight excluding hydrogens is 352 g/mol. The number of rotatable bonds is 10. The van der Waals surface area contributed by atoms with Crippen molar-refractivity contribution in [2.45, 2.75) is 43.6 Å². The van der Waals surface area contributed by atoms with Crippen LogP contribution in [-0.2, 0) is 11.2 Å². The molecule has 2 unspecified atom stereocenters. The van der Waals surface area contributed by atoms with Crippen LogP contribution in [0.25, 0.3) is 0 Å². The summed E-state index contributed by atoms with van der Waals surface area (Å²) in [4.78, 5) is 12.2. The van der Waals surface area contributed by atoms with Crippen LogP contribution in [0.5, 0.6) is 0 Å². The SMILES string of the molecule is CCSCCCS[C@H]1C(=O)C[C@@H](O)C1/C=C/C(O)Cc1ccccc1. The first-order valence-corrected chi connectivity index (χ1v) is 11.1. The van der Waals surface area contributed by atoms with Crippen LogP contribution in [0.4, 0.5) is 0 Å². The Bertz CT molecular complexity index is 547. The summed E-state index contributed by atoms with van der Waals surface area (Å²) in [5.74, 6) is 3.11. The van der Waals surface area contributed by atoms with Crippen LogP contribution in [0.1, 0.15) is 25.3 Å². The van der Waals surface area contributed by atoms with Crippen LogP contribution in [0, 0.1) is 5.92 Å². The summed E-state index contributed by atoms with van der Waals surface area (Å²) >= 11 is 3.57.